The van der Waals surface area contributed by atoms with Gasteiger partial charge in [0.05, 0.1) is 18.3 Å². The van der Waals surface area contributed by atoms with E-state index in [2.05, 4.69) is 19.8 Å². The molecule has 4 N–H and O–H groups in total. The van der Waals surface area contributed by atoms with Crippen molar-refractivity contribution in [3.63, 3.8) is 0 Å². The molecule has 0 atom stereocenters. The first-order chi connectivity index (χ1) is 15.3. The first-order valence-electron chi connectivity index (χ1n) is 9.45. The molecule has 0 saturated heterocycles. The summed E-state index contributed by atoms with van der Waals surface area (Å²) in [6.07, 6.45) is -0.583. The highest BCUT2D eigenvalue weighted by atomic mass is 19.1. The zero-order valence-electron chi connectivity index (χ0n) is 17.2. The molecule has 0 saturated carbocycles. The molecule has 0 unspecified atom stereocenters. The lowest BCUT2D eigenvalue weighted by atomic mass is 10.1. The van der Waals surface area contributed by atoms with E-state index in [1.807, 2.05) is 0 Å². The Kier molecular flexibility index (Phi) is 5.31. The molecule has 0 spiro atoms. The highest BCUT2D eigenvalue weighted by molar-refractivity contribution is 5.94. The number of fused-ring (bicyclic) bond motifs is 1. The number of benzene rings is 2. The summed E-state index contributed by atoms with van der Waals surface area (Å²) in [4.78, 5) is 21.4. The molecule has 0 fully saturated rings. The van der Waals surface area contributed by atoms with Crippen LogP contribution in [0.25, 0.3) is 16.9 Å². The van der Waals surface area contributed by atoms with Crippen molar-refractivity contribution in [1.29, 1.82) is 0 Å². The van der Waals surface area contributed by atoms with Gasteiger partial charge in [0.2, 0.25) is 0 Å². The van der Waals surface area contributed by atoms with Crippen LogP contribution in [0.3, 0.4) is 0 Å². The van der Waals surface area contributed by atoms with Gasteiger partial charge in [-0.05, 0) is 29.8 Å². The maximum absolute atomic E-state index is 14.2. The van der Waals surface area contributed by atoms with Crippen molar-refractivity contribution >= 4 is 34.3 Å². The second-order valence-electron chi connectivity index (χ2n) is 6.96. The molecule has 0 aliphatic rings. The molecule has 0 aliphatic carbocycles. The number of ether oxygens (including phenoxy) is 1. The van der Waals surface area contributed by atoms with Gasteiger partial charge in [0, 0.05) is 18.9 Å². The normalized spacial score (nSPS) is 11.0. The number of nitrogen functional groups attached to an aromatic ring is 2. The third-order valence-electron chi connectivity index (χ3n) is 4.93. The highest BCUT2D eigenvalue weighted by Gasteiger charge is 2.22. The lowest BCUT2D eigenvalue weighted by molar-refractivity contribution is 0.180. The van der Waals surface area contributed by atoms with Crippen molar-refractivity contribution in [2.45, 2.75) is 6.42 Å². The van der Waals surface area contributed by atoms with Crippen LogP contribution in [0.1, 0.15) is 11.3 Å². The molecule has 11 heteroatoms. The molecule has 1 amide bonds. The Bertz CT molecular complexity index is 1320. The maximum Gasteiger partial charge on any atom is 0.413 e. The standard InChI is InChI=1S/C21H19F2N7O2/c1-29(21(31)32-2)17-18(24)26-20(27-19(17)25)30-16-8-7-12(22)10-13(16)15(28-30)9-11-5-3-4-6-14(11)23/h3-8,10H,9H2,1-2H3,(H4,24,25,26,27). The van der Waals surface area contributed by atoms with E-state index in [1.165, 1.54) is 43.1 Å². The van der Waals surface area contributed by atoms with Crippen LogP contribution in [0.2, 0.25) is 0 Å². The Labute approximate surface area is 181 Å². The Balaban J connectivity index is 1.85. The molecule has 9 nitrogen and oxygen atoms in total. The predicted molar refractivity (Wildman–Crippen MR) is 115 cm³/mol. The highest BCUT2D eigenvalue weighted by Crippen LogP contribution is 2.30. The van der Waals surface area contributed by atoms with E-state index in [-0.39, 0.29) is 29.7 Å². The van der Waals surface area contributed by atoms with Gasteiger partial charge in [-0.3, -0.25) is 4.90 Å². The number of methoxy groups -OCH3 is 1. The molecule has 2 aromatic heterocycles. The summed E-state index contributed by atoms with van der Waals surface area (Å²) in [5.41, 5.74) is 13.5. The fraction of sp³-hybridized carbons (Fsp3) is 0.143. The quantitative estimate of drug-likeness (QED) is 0.501. The number of hydrogen-bond acceptors (Lipinski definition) is 7. The van der Waals surface area contributed by atoms with Gasteiger partial charge in [-0.15, -0.1) is 0 Å². The molecule has 0 radical (unpaired) electrons. The second kappa shape index (κ2) is 8.10. The third-order valence-corrected chi connectivity index (χ3v) is 4.93. The van der Waals surface area contributed by atoms with Crippen LogP contribution < -0.4 is 16.4 Å². The van der Waals surface area contributed by atoms with Crippen LogP contribution in [0, 0.1) is 11.6 Å². The summed E-state index contributed by atoms with van der Waals surface area (Å²) in [7, 11) is 2.63. The molecule has 2 heterocycles. The van der Waals surface area contributed by atoms with Crippen LogP contribution in [-0.2, 0) is 11.2 Å². The van der Waals surface area contributed by atoms with Crippen molar-refractivity contribution in [2.75, 3.05) is 30.5 Å². The van der Waals surface area contributed by atoms with Gasteiger partial charge in [-0.1, -0.05) is 18.2 Å². The van der Waals surface area contributed by atoms with Gasteiger partial charge < -0.3 is 16.2 Å². The largest absolute Gasteiger partial charge is 0.452 e. The Morgan fingerprint density at radius 3 is 2.47 bits per heavy atom. The van der Waals surface area contributed by atoms with Gasteiger partial charge in [-0.2, -0.15) is 19.7 Å². The van der Waals surface area contributed by atoms with Crippen molar-refractivity contribution in [2.24, 2.45) is 0 Å². The molecular weight excluding hydrogens is 420 g/mol. The number of nitrogens with two attached hydrogens (primary N) is 2. The van der Waals surface area contributed by atoms with E-state index in [1.54, 1.807) is 18.2 Å². The minimum atomic E-state index is -0.702. The van der Waals surface area contributed by atoms with Crippen LogP contribution in [0.15, 0.2) is 42.5 Å². The minimum absolute atomic E-state index is 0.0124. The fourth-order valence-electron chi connectivity index (χ4n) is 3.40. The summed E-state index contributed by atoms with van der Waals surface area (Å²) < 4.78 is 34.2. The molecule has 2 aromatic carbocycles. The van der Waals surface area contributed by atoms with Crippen LogP contribution >= 0.6 is 0 Å². The molecule has 0 aliphatic heterocycles. The lowest BCUT2D eigenvalue weighted by Crippen LogP contribution is -2.28. The summed E-state index contributed by atoms with van der Waals surface area (Å²) in [6, 6.07) is 10.3. The SMILES string of the molecule is COC(=O)N(C)c1c(N)nc(-n2nc(Cc3ccccc3F)c3cc(F)ccc32)nc1N. The van der Waals surface area contributed by atoms with E-state index in [0.29, 0.717) is 22.2 Å². The average Bonchev–Trinajstić information content (AvgIpc) is 3.11. The lowest BCUT2D eigenvalue weighted by Gasteiger charge is -2.18. The Morgan fingerprint density at radius 1 is 1.12 bits per heavy atom. The number of rotatable bonds is 4. The first kappa shape index (κ1) is 21.0. The van der Waals surface area contributed by atoms with E-state index in [9.17, 15) is 13.6 Å². The topological polar surface area (TPSA) is 125 Å². The smallest absolute Gasteiger partial charge is 0.413 e. The van der Waals surface area contributed by atoms with Crippen molar-refractivity contribution in [3.8, 4) is 5.95 Å². The average molecular weight is 439 g/mol. The molecular formula is C21H19F2N7O2. The second-order valence-corrected chi connectivity index (χ2v) is 6.96. The fourth-order valence-corrected chi connectivity index (χ4v) is 3.40. The zero-order valence-corrected chi connectivity index (χ0v) is 17.2. The van der Waals surface area contributed by atoms with Crippen molar-refractivity contribution in [3.05, 3.63) is 65.4 Å². The minimum Gasteiger partial charge on any atom is -0.452 e. The molecule has 32 heavy (non-hydrogen) atoms. The molecule has 4 rings (SSSR count). The van der Waals surface area contributed by atoms with E-state index in [0.717, 1.165) is 4.90 Å². The molecule has 4 aromatic rings. The first-order valence-corrected chi connectivity index (χ1v) is 9.45. The van der Waals surface area contributed by atoms with Crippen LogP contribution in [-0.4, -0.2) is 40.0 Å². The Hall–Kier alpha value is -4.28. The third kappa shape index (κ3) is 3.64. The van der Waals surface area contributed by atoms with E-state index < -0.39 is 17.7 Å². The van der Waals surface area contributed by atoms with Crippen LogP contribution in [0.4, 0.5) is 30.9 Å². The zero-order chi connectivity index (χ0) is 23.0. The number of halogens is 2. The molecule has 164 valence electrons. The number of nitrogens with zero attached hydrogens (tertiary/aromatic N) is 5. The summed E-state index contributed by atoms with van der Waals surface area (Å²) in [5.74, 6) is -1.02. The van der Waals surface area contributed by atoms with Gasteiger partial charge in [0.15, 0.2) is 11.6 Å². The Morgan fingerprint density at radius 2 is 1.81 bits per heavy atom. The monoisotopic (exact) mass is 439 g/mol. The summed E-state index contributed by atoms with van der Waals surface area (Å²) in [5, 5.41) is 4.95. The predicted octanol–water partition coefficient (Wildman–Crippen LogP) is 3.05. The van der Waals surface area contributed by atoms with Gasteiger partial charge >= 0.3 is 6.09 Å². The molecule has 0 bridgehead atoms. The van der Waals surface area contributed by atoms with Crippen LogP contribution in [0.5, 0.6) is 0 Å². The van der Waals surface area contributed by atoms with Crippen molar-refractivity contribution in [1.82, 2.24) is 19.7 Å². The number of aromatic nitrogens is 4. The summed E-state index contributed by atoms with van der Waals surface area (Å²) in [6.45, 7) is 0. The number of carbonyl (C=O) groups is 1. The number of carbonyl (C=O) groups excluding carboxylic acids is 1. The van der Waals surface area contributed by atoms with Crippen molar-refractivity contribution < 1.29 is 18.3 Å². The van der Waals surface area contributed by atoms with E-state index in [4.69, 9.17) is 11.5 Å². The number of anilines is 3. The van der Waals surface area contributed by atoms with Gasteiger partial charge in [-0.25, -0.2) is 13.6 Å². The summed E-state index contributed by atoms with van der Waals surface area (Å²) >= 11 is 0. The maximum atomic E-state index is 14.2. The van der Waals surface area contributed by atoms with E-state index >= 15 is 0 Å². The number of hydrogen-bond donors (Lipinski definition) is 2. The van der Waals surface area contributed by atoms with Gasteiger partial charge in [0.25, 0.3) is 5.95 Å². The van der Waals surface area contributed by atoms with Gasteiger partial charge in [0.1, 0.15) is 17.3 Å². The number of amides is 1.